The molecule has 0 spiro atoms. The standard InChI is InChI=1S/C14H21N3O2S/c1-5-11-14(19)17(6-10-7-20-9(4)15-10)12(8(2)3)13(18)16-11/h7-8,11-12H,5-6H2,1-4H3,(H,16,18). The Hall–Kier alpha value is -1.43. The van der Waals surface area contributed by atoms with Crippen molar-refractivity contribution < 1.29 is 9.59 Å². The van der Waals surface area contributed by atoms with Gasteiger partial charge < -0.3 is 10.2 Å². The second-order valence-corrected chi connectivity index (χ2v) is 6.54. The first-order valence-corrected chi connectivity index (χ1v) is 7.83. The number of rotatable bonds is 4. The lowest BCUT2D eigenvalue weighted by molar-refractivity contribution is -0.152. The Labute approximate surface area is 123 Å². The van der Waals surface area contributed by atoms with Gasteiger partial charge in [-0.05, 0) is 19.3 Å². The van der Waals surface area contributed by atoms with E-state index >= 15 is 0 Å². The molecule has 1 aliphatic heterocycles. The van der Waals surface area contributed by atoms with E-state index in [9.17, 15) is 9.59 Å². The quantitative estimate of drug-likeness (QED) is 0.920. The number of aromatic nitrogens is 1. The van der Waals surface area contributed by atoms with Crippen LogP contribution in [0.25, 0.3) is 0 Å². The second-order valence-electron chi connectivity index (χ2n) is 5.48. The average molecular weight is 295 g/mol. The highest BCUT2D eigenvalue weighted by Gasteiger charge is 2.41. The van der Waals surface area contributed by atoms with Crippen molar-refractivity contribution in [1.82, 2.24) is 15.2 Å². The molecule has 2 atom stereocenters. The van der Waals surface area contributed by atoms with E-state index in [0.717, 1.165) is 10.7 Å². The van der Waals surface area contributed by atoms with Gasteiger partial charge in [0.05, 0.1) is 17.2 Å². The van der Waals surface area contributed by atoms with Crippen molar-refractivity contribution in [3.63, 3.8) is 0 Å². The summed E-state index contributed by atoms with van der Waals surface area (Å²) in [7, 11) is 0. The maximum Gasteiger partial charge on any atom is 0.246 e. The second kappa shape index (κ2) is 5.91. The number of hydrogen-bond acceptors (Lipinski definition) is 4. The molecule has 1 aromatic rings. The summed E-state index contributed by atoms with van der Waals surface area (Å²) in [6.45, 7) is 8.18. The van der Waals surface area contributed by atoms with Gasteiger partial charge in [-0.2, -0.15) is 0 Å². The number of carbonyl (C=O) groups excluding carboxylic acids is 2. The molecule has 5 nitrogen and oxygen atoms in total. The van der Waals surface area contributed by atoms with Gasteiger partial charge in [0.2, 0.25) is 11.8 Å². The third-order valence-corrected chi connectivity index (χ3v) is 4.36. The number of nitrogens with one attached hydrogen (secondary N) is 1. The molecule has 0 radical (unpaired) electrons. The van der Waals surface area contributed by atoms with Gasteiger partial charge in [0.1, 0.15) is 12.1 Å². The Morgan fingerprint density at radius 1 is 1.45 bits per heavy atom. The Kier molecular flexibility index (Phi) is 4.42. The topological polar surface area (TPSA) is 62.3 Å². The van der Waals surface area contributed by atoms with Crippen LogP contribution in [0.1, 0.15) is 37.9 Å². The van der Waals surface area contributed by atoms with E-state index in [0.29, 0.717) is 13.0 Å². The van der Waals surface area contributed by atoms with Crippen LogP contribution in [0, 0.1) is 12.8 Å². The largest absolute Gasteiger partial charge is 0.343 e. The molecular weight excluding hydrogens is 274 g/mol. The highest BCUT2D eigenvalue weighted by Crippen LogP contribution is 2.22. The van der Waals surface area contributed by atoms with Crippen LogP contribution in [-0.4, -0.2) is 33.8 Å². The molecule has 2 unspecified atom stereocenters. The van der Waals surface area contributed by atoms with E-state index in [4.69, 9.17) is 0 Å². The molecule has 1 N–H and O–H groups in total. The lowest BCUT2D eigenvalue weighted by Gasteiger charge is -2.40. The first kappa shape index (κ1) is 15.0. The molecule has 110 valence electrons. The first-order chi connectivity index (χ1) is 9.43. The number of carbonyl (C=O) groups is 2. The van der Waals surface area contributed by atoms with Crippen LogP contribution >= 0.6 is 11.3 Å². The van der Waals surface area contributed by atoms with Crippen molar-refractivity contribution in [3.05, 3.63) is 16.1 Å². The molecule has 20 heavy (non-hydrogen) atoms. The zero-order valence-electron chi connectivity index (χ0n) is 12.3. The van der Waals surface area contributed by atoms with Crippen molar-refractivity contribution in [1.29, 1.82) is 0 Å². The summed E-state index contributed by atoms with van der Waals surface area (Å²) in [6.07, 6.45) is 0.613. The summed E-state index contributed by atoms with van der Waals surface area (Å²) in [6, 6.07) is -0.815. The molecule has 1 aromatic heterocycles. The normalized spacial score (nSPS) is 23.4. The van der Waals surface area contributed by atoms with Gasteiger partial charge in [-0.25, -0.2) is 4.98 Å². The van der Waals surface area contributed by atoms with Gasteiger partial charge in [0.25, 0.3) is 0 Å². The Bertz CT molecular complexity index is 512. The average Bonchev–Trinajstić information content (AvgIpc) is 2.78. The molecule has 1 aliphatic rings. The van der Waals surface area contributed by atoms with Gasteiger partial charge in [0, 0.05) is 5.38 Å². The summed E-state index contributed by atoms with van der Waals surface area (Å²) in [5.41, 5.74) is 0.857. The van der Waals surface area contributed by atoms with Crippen LogP contribution < -0.4 is 5.32 Å². The van der Waals surface area contributed by atoms with E-state index in [1.807, 2.05) is 33.1 Å². The zero-order valence-corrected chi connectivity index (χ0v) is 13.2. The van der Waals surface area contributed by atoms with Crippen molar-refractivity contribution >= 4 is 23.2 Å². The van der Waals surface area contributed by atoms with Crippen molar-refractivity contribution in [3.8, 4) is 0 Å². The minimum absolute atomic E-state index is 0.00328. The van der Waals surface area contributed by atoms with E-state index in [-0.39, 0.29) is 17.7 Å². The molecule has 0 aliphatic carbocycles. The van der Waals surface area contributed by atoms with Gasteiger partial charge in [-0.3, -0.25) is 9.59 Å². The van der Waals surface area contributed by atoms with Gasteiger partial charge in [-0.15, -0.1) is 11.3 Å². The summed E-state index contributed by atoms with van der Waals surface area (Å²) < 4.78 is 0. The van der Waals surface area contributed by atoms with Crippen LogP contribution in [0.4, 0.5) is 0 Å². The molecule has 1 saturated heterocycles. The van der Waals surface area contributed by atoms with E-state index in [1.165, 1.54) is 0 Å². The number of piperazine rings is 1. The third-order valence-electron chi connectivity index (χ3n) is 3.54. The Morgan fingerprint density at radius 3 is 2.65 bits per heavy atom. The predicted molar refractivity (Wildman–Crippen MR) is 78.2 cm³/mol. The number of amides is 2. The Morgan fingerprint density at radius 2 is 2.15 bits per heavy atom. The van der Waals surface area contributed by atoms with Crippen LogP contribution in [-0.2, 0) is 16.1 Å². The Balaban J connectivity index is 2.27. The number of hydrogen-bond donors (Lipinski definition) is 1. The lowest BCUT2D eigenvalue weighted by atomic mass is 9.96. The number of nitrogens with zero attached hydrogens (tertiary/aromatic N) is 2. The highest BCUT2D eigenvalue weighted by molar-refractivity contribution is 7.09. The highest BCUT2D eigenvalue weighted by atomic mass is 32.1. The SMILES string of the molecule is CCC1NC(=O)C(C(C)C)N(Cc2csc(C)n2)C1=O. The number of aryl methyl sites for hydroxylation is 1. The fraction of sp³-hybridized carbons (Fsp3) is 0.643. The first-order valence-electron chi connectivity index (χ1n) is 6.95. The van der Waals surface area contributed by atoms with Gasteiger partial charge >= 0.3 is 0 Å². The molecule has 0 bridgehead atoms. The van der Waals surface area contributed by atoms with Gasteiger partial charge in [0.15, 0.2) is 0 Å². The van der Waals surface area contributed by atoms with Crippen LogP contribution in [0.5, 0.6) is 0 Å². The lowest BCUT2D eigenvalue weighted by Crippen LogP contribution is -2.64. The number of thiazole rings is 1. The summed E-state index contributed by atoms with van der Waals surface area (Å²) in [5, 5.41) is 5.75. The monoisotopic (exact) mass is 295 g/mol. The fourth-order valence-electron chi connectivity index (χ4n) is 2.57. The summed E-state index contributed by atoms with van der Waals surface area (Å²) in [4.78, 5) is 30.8. The third kappa shape index (κ3) is 2.85. The molecule has 1 fully saturated rings. The minimum atomic E-state index is -0.410. The van der Waals surface area contributed by atoms with E-state index < -0.39 is 12.1 Å². The van der Waals surface area contributed by atoms with Gasteiger partial charge in [-0.1, -0.05) is 20.8 Å². The zero-order chi connectivity index (χ0) is 14.9. The molecule has 2 amide bonds. The molecule has 0 saturated carbocycles. The minimum Gasteiger partial charge on any atom is -0.343 e. The summed E-state index contributed by atoms with van der Waals surface area (Å²) in [5.74, 6) is 0.0198. The molecule has 2 rings (SSSR count). The smallest absolute Gasteiger partial charge is 0.246 e. The van der Waals surface area contributed by atoms with Crippen LogP contribution in [0.3, 0.4) is 0 Å². The predicted octanol–water partition coefficient (Wildman–Crippen LogP) is 1.71. The van der Waals surface area contributed by atoms with E-state index in [1.54, 1.807) is 16.2 Å². The van der Waals surface area contributed by atoms with Crippen molar-refractivity contribution in [2.24, 2.45) is 5.92 Å². The molecule has 0 aromatic carbocycles. The maximum atomic E-state index is 12.5. The molecule has 6 heteroatoms. The van der Waals surface area contributed by atoms with Crippen molar-refractivity contribution in [2.75, 3.05) is 0 Å². The summed E-state index contributed by atoms with van der Waals surface area (Å²) >= 11 is 1.56. The molecule has 2 heterocycles. The van der Waals surface area contributed by atoms with Crippen LogP contribution in [0.15, 0.2) is 5.38 Å². The maximum absolute atomic E-state index is 12.5. The van der Waals surface area contributed by atoms with E-state index in [2.05, 4.69) is 10.3 Å². The van der Waals surface area contributed by atoms with Crippen molar-refractivity contribution in [2.45, 2.75) is 52.7 Å². The fourth-order valence-corrected chi connectivity index (χ4v) is 3.17. The molecular formula is C14H21N3O2S. The van der Waals surface area contributed by atoms with Crippen LogP contribution in [0.2, 0.25) is 0 Å².